The summed E-state index contributed by atoms with van der Waals surface area (Å²) >= 11 is 0. The Morgan fingerprint density at radius 1 is 1.04 bits per heavy atom. The maximum atomic E-state index is 13.3. The Hall–Kier alpha value is -3.28. The van der Waals surface area contributed by atoms with Gasteiger partial charge >= 0.3 is 0 Å². The number of halogens is 1. The van der Waals surface area contributed by atoms with E-state index in [1.165, 1.54) is 12.1 Å². The van der Waals surface area contributed by atoms with Crippen LogP contribution in [0.25, 0.3) is 16.8 Å². The molecule has 5 nitrogen and oxygen atoms in total. The molecular formula is C21H20FN5. The first-order valence-corrected chi connectivity index (χ1v) is 8.80. The molecule has 0 amide bonds. The third kappa shape index (κ3) is 3.14. The minimum Gasteiger partial charge on any atom is -0.366 e. The summed E-state index contributed by atoms with van der Waals surface area (Å²) in [4.78, 5) is 8.92. The number of hydrogen-bond acceptors (Lipinski definition) is 4. The number of pyridine rings is 1. The molecule has 136 valence electrons. The van der Waals surface area contributed by atoms with Gasteiger partial charge in [0.25, 0.3) is 0 Å². The van der Waals surface area contributed by atoms with Crippen molar-refractivity contribution in [3.05, 3.63) is 77.1 Å². The van der Waals surface area contributed by atoms with Crippen LogP contribution in [0.2, 0.25) is 0 Å². The summed E-state index contributed by atoms with van der Waals surface area (Å²) in [6, 6.07) is 10.4. The molecule has 4 aromatic rings. The second kappa shape index (κ2) is 6.79. The molecular weight excluding hydrogens is 341 g/mol. The van der Waals surface area contributed by atoms with Crippen LogP contribution < -0.4 is 5.32 Å². The molecule has 4 rings (SSSR count). The summed E-state index contributed by atoms with van der Waals surface area (Å²) in [5.41, 5.74) is 6.49. The number of anilines is 1. The Morgan fingerprint density at radius 2 is 1.81 bits per heavy atom. The van der Waals surface area contributed by atoms with Crippen molar-refractivity contribution in [1.82, 2.24) is 19.6 Å². The van der Waals surface area contributed by atoms with Gasteiger partial charge in [-0.25, -0.2) is 9.37 Å². The van der Waals surface area contributed by atoms with E-state index in [0.29, 0.717) is 6.54 Å². The fourth-order valence-electron chi connectivity index (χ4n) is 3.20. The predicted octanol–water partition coefficient (Wildman–Crippen LogP) is 4.47. The zero-order valence-electron chi connectivity index (χ0n) is 15.5. The second-order valence-electron chi connectivity index (χ2n) is 6.59. The van der Waals surface area contributed by atoms with Crippen molar-refractivity contribution < 1.29 is 4.39 Å². The van der Waals surface area contributed by atoms with Crippen LogP contribution in [-0.4, -0.2) is 19.6 Å². The quantitative estimate of drug-likeness (QED) is 0.583. The van der Waals surface area contributed by atoms with Crippen molar-refractivity contribution in [3.8, 4) is 11.1 Å². The molecule has 0 aliphatic heterocycles. The zero-order chi connectivity index (χ0) is 19.0. The molecule has 27 heavy (non-hydrogen) atoms. The van der Waals surface area contributed by atoms with Crippen LogP contribution >= 0.6 is 0 Å². The van der Waals surface area contributed by atoms with Gasteiger partial charge in [0.05, 0.1) is 5.69 Å². The normalized spacial score (nSPS) is 11.1. The van der Waals surface area contributed by atoms with Crippen molar-refractivity contribution in [1.29, 1.82) is 0 Å². The summed E-state index contributed by atoms with van der Waals surface area (Å²) in [5, 5.41) is 8.18. The minimum atomic E-state index is -0.258. The van der Waals surface area contributed by atoms with Crippen molar-refractivity contribution >= 4 is 11.5 Å². The fourth-order valence-corrected chi connectivity index (χ4v) is 3.20. The Kier molecular flexibility index (Phi) is 4.32. The van der Waals surface area contributed by atoms with Crippen LogP contribution in [0.3, 0.4) is 0 Å². The highest BCUT2D eigenvalue weighted by Gasteiger charge is 2.18. The Labute approximate surface area is 156 Å². The van der Waals surface area contributed by atoms with Crippen LogP contribution in [0.5, 0.6) is 0 Å². The first-order valence-electron chi connectivity index (χ1n) is 8.80. The van der Waals surface area contributed by atoms with E-state index in [2.05, 4.69) is 10.3 Å². The van der Waals surface area contributed by atoms with Gasteiger partial charge in [0.2, 0.25) is 0 Å². The molecule has 0 fully saturated rings. The molecule has 0 bridgehead atoms. The van der Waals surface area contributed by atoms with Gasteiger partial charge in [0.15, 0.2) is 5.65 Å². The highest BCUT2D eigenvalue weighted by Crippen LogP contribution is 2.31. The Bertz CT molecular complexity index is 1100. The largest absolute Gasteiger partial charge is 0.366 e. The van der Waals surface area contributed by atoms with Crippen molar-refractivity contribution in [2.75, 3.05) is 5.32 Å². The van der Waals surface area contributed by atoms with Gasteiger partial charge in [-0.05, 0) is 50.1 Å². The van der Waals surface area contributed by atoms with Gasteiger partial charge in [0, 0.05) is 35.8 Å². The molecule has 3 heterocycles. The minimum absolute atomic E-state index is 0.258. The number of hydrogen-bond donors (Lipinski definition) is 1. The number of nitrogens with one attached hydrogen (secondary N) is 1. The summed E-state index contributed by atoms with van der Waals surface area (Å²) in [6.07, 6.45) is 3.60. The average molecular weight is 361 g/mol. The molecule has 1 N–H and O–H groups in total. The van der Waals surface area contributed by atoms with E-state index in [1.807, 2.05) is 43.6 Å². The van der Waals surface area contributed by atoms with E-state index in [1.54, 1.807) is 18.3 Å². The number of nitrogens with zero attached hydrogens (tertiary/aromatic N) is 4. The maximum absolute atomic E-state index is 13.3. The highest BCUT2D eigenvalue weighted by molar-refractivity contribution is 5.81. The number of fused-ring (bicyclic) bond motifs is 1. The number of benzene rings is 1. The lowest BCUT2D eigenvalue weighted by Gasteiger charge is -2.13. The monoisotopic (exact) mass is 361 g/mol. The topological polar surface area (TPSA) is 55.1 Å². The summed E-state index contributed by atoms with van der Waals surface area (Å²) in [6.45, 7) is 6.60. The van der Waals surface area contributed by atoms with Crippen LogP contribution in [0, 0.1) is 26.6 Å². The van der Waals surface area contributed by atoms with E-state index in [0.717, 1.165) is 45.1 Å². The van der Waals surface area contributed by atoms with E-state index < -0.39 is 0 Å². The zero-order valence-corrected chi connectivity index (χ0v) is 15.5. The van der Waals surface area contributed by atoms with Gasteiger partial charge in [-0.15, -0.1) is 0 Å². The SMILES string of the molecule is Cc1nc2c(-c3ccc(F)cc3)c(C)nn2c(NCc2cccnc2)c1C. The van der Waals surface area contributed by atoms with Gasteiger partial charge in [0.1, 0.15) is 11.6 Å². The molecule has 6 heteroatoms. The lowest BCUT2D eigenvalue weighted by Crippen LogP contribution is -2.10. The number of aryl methyl sites for hydroxylation is 2. The van der Waals surface area contributed by atoms with Crippen LogP contribution in [0.15, 0.2) is 48.8 Å². The highest BCUT2D eigenvalue weighted by atomic mass is 19.1. The Morgan fingerprint density at radius 3 is 2.52 bits per heavy atom. The smallest absolute Gasteiger partial charge is 0.165 e. The molecule has 1 aromatic carbocycles. The maximum Gasteiger partial charge on any atom is 0.165 e. The van der Waals surface area contributed by atoms with Crippen LogP contribution in [-0.2, 0) is 6.54 Å². The van der Waals surface area contributed by atoms with E-state index in [4.69, 9.17) is 10.1 Å². The molecule has 0 unspecified atom stereocenters. The lowest BCUT2D eigenvalue weighted by atomic mass is 10.1. The molecule has 0 saturated carbocycles. The Balaban J connectivity index is 1.83. The van der Waals surface area contributed by atoms with E-state index in [-0.39, 0.29) is 5.82 Å². The van der Waals surface area contributed by atoms with Gasteiger partial charge in [-0.2, -0.15) is 9.61 Å². The number of rotatable bonds is 4. The predicted molar refractivity (Wildman–Crippen MR) is 104 cm³/mol. The molecule has 0 spiro atoms. The van der Waals surface area contributed by atoms with Crippen molar-refractivity contribution in [3.63, 3.8) is 0 Å². The molecule has 3 aromatic heterocycles. The van der Waals surface area contributed by atoms with Crippen LogP contribution in [0.4, 0.5) is 10.2 Å². The molecule has 0 aliphatic rings. The molecule has 0 atom stereocenters. The van der Waals surface area contributed by atoms with E-state index >= 15 is 0 Å². The second-order valence-corrected chi connectivity index (χ2v) is 6.59. The third-order valence-electron chi connectivity index (χ3n) is 4.74. The standard InChI is InChI=1S/C21H20FN5/c1-13-14(2)25-21-19(17-6-8-18(22)9-7-17)15(3)26-27(21)20(13)24-12-16-5-4-10-23-11-16/h4-11,24H,12H2,1-3H3. The molecule has 0 radical (unpaired) electrons. The van der Waals surface area contributed by atoms with Gasteiger partial charge in [-0.1, -0.05) is 18.2 Å². The van der Waals surface area contributed by atoms with Crippen molar-refractivity contribution in [2.45, 2.75) is 27.3 Å². The first kappa shape index (κ1) is 17.1. The summed E-state index contributed by atoms with van der Waals surface area (Å²) in [5.74, 6) is 0.643. The summed E-state index contributed by atoms with van der Waals surface area (Å²) in [7, 11) is 0. The first-order chi connectivity index (χ1) is 13.0. The number of aromatic nitrogens is 4. The van der Waals surface area contributed by atoms with Crippen molar-refractivity contribution in [2.24, 2.45) is 0 Å². The molecule has 0 aliphatic carbocycles. The lowest BCUT2D eigenvalue weighted by molar-refractivity contribution is 0.628. The van der Waals surface area contributed by atoms with Gasteiger partial charge < -0.3 is 5.32 Å². The average Bonchev–Trinajstić information content (AvgIpc) is 2.99. The van der Waals surface area contributed by atoms with Crippen LogP contribution in [0.1, 0.15) is 22.5 Å². The van der Waals surface area contributed by atoms with Gasteiger partial charge in [-0.3, -0.25) is 4.98 Å². The molecule has 0 saturated heterocycles. The van der Waals surface area contributed by atoms with E-state index in [9.17, 15) is 4.39 Å². The fraction of sp³-hybridized carbons (Fsp3) is 0.190. The third-order valence-corrected chi connectivity index (χ3v) is 4.74. The summed E-state index contributed by atoms with van der Waals surface area (Å²) < 4.78 is 15.2.